The van der Waals surface area contributed by atoms with Crippen LogP contribution in [0.3, 0.4) is 0 Å². The molecular weight excluding hydrogens is 326 g/mol. The first kappa shape index (κ1) is 18.8. The van der Waals surface area contributed by atoms with Crippen LogP contribution in [0.1, 0.15) is 50.3 Å². The molecule has 5 heteroatoms. The molecule has 1 aliphatic carbocycles. The van der Waals surface area contributed by atoms with Gasteiger partial charge in [0.25, 0.3) is 5.56 Å². The van der Waals surface area contributed by atoms with Gasteiger partial charge in [-0.25, -0.2) is 4.98 Å². The van der Waals surface area contributed by atoms with Crippen molar-refractivity contribution < 1.29 is 5.11 Å². The molecule has 2 N–H and O–H groups in total. The van der Waals surface area contributed by atoms with E-state index in [1.165, 1.54) is 5.56 Å². The third-order valence-electron chi connectivity index (χ3n) is 5.30. The van der Waals surface area contributed by atoms with Crippen molar-refractivity contribution in [2.24, 2.45) is 0 Å². The summed E-state index contributed by atoms with van der Waals surface area (Å²) >= 11 is 0. The molecule has 0 bridgehead atoms. The summed E-state index contributed by atoms with van der Waals surface area (Å²) in [6.07, 6.45) is 5.72. The zero-order valence-corrected chi connectivity index (χ0v) is 15.8. The first-order valence-electron chi connectivity index (χ1n) is 9.58. The Balaban J connectivity index is 1.67. The molecule has 1 fully saturated rings. The van der Waals surface area contributed by atoms with Crippen LogP contribution in [-0.4, -0.2) is 39.2 Å². The van der Waals surface area contributed by atoms with Crippen molar-refractivity contribution in [3.05, 3.63) is 51.9 Å². The van der Waals surface area contributed by atoms with Crippen molar-refractivity contribution in [3.8, 4) is 11.4 Å². The van der Waals surface area contributed by atoms with Gasteiger partial charge in [-0.1, -0.05) is 38.0 Å². The molecule has 1 aromatic heterocycles. The third-order valence-corrected chi connectivity index (χ3v) is 5.30. The highest BCUT2D eigenvalue weighted by atomic mass is 16.3. The van der Waals surface area contributed by atoms with Gasteiger partial charge in [0.05, 0.1) is 5.60 Å². The lowest BCUT2D eigenvalue weighted by Gasteiger charge is -2.25. The van der Waals surface area contributed by atoms with Crippen LogP contribution in [0, 0.1) is 0 Å². The van der Waals surface area contributed by atoms with Gasteiger partial charge in [-0.2, -0.15) is 0 Å². The number of rotatable bonds is 7. The molecule has 0 amide bonds. The largest absolute Gasteiger partial charge is 0.390 e. The monoisotopic (exact) mass is 355 g/mol. The second-order valence-electron chi connectivity index (χ2n) is 7.56. The standard InChI is InChI=1S/C21H29N3O2/c1-3-18-14-19(25)23-20(22-18)17-8-6-7-16(13-17)15-24(2)12-11-21(26)9-4-5-10-21/h6-8,13-14,26H,3-5,9-12,15H2,1-2H3,(H,22,23,25). The molecule has 140 valence electrons. The van der Waals surface area contributed by atoms with E-state index in [4.69, 9.17) is 0 Å². The Morgan fingerprint density at radius 2 is 2.04 bits per heavy atom. The van der Waals surface area contributed by atoms with Crippen molar-refractivity contribution in [1.29, 1.82) is 0 Å². The molecule has 5 nitrogen and oxygen atoms in total. The lowest BCUT2D eigenvalue weighted by atomic mass is 9.98. The van der Waals surface area contributed by atoms with Crippen molar-refractivity contribution in [2.75, 3.05) is 13.6 Å². The molecule has 26 heavy (non-hydrogen) atoms. The maximum Gasteiger partial charge on any atom is 0.251 e. The zero-order valence-electron chi connectivity index (χ0n) is 15.8. The molecule has 2 aromatic rings. The van der Waals surface area contributed by atoms with E-state index in [0.29, 0.717) is 5.82 Å². The summed E-state index contributed by atoms with van der Waals surface area (Å²) in [5.74, 6) is 0.624. The summed E-state index contributed by atoms with van der Waals surface area (Å²) in [4.78, 5) is 21.4. The minimum atomic E-state index is -0.458. The molecule has 1 aliphatic rings. The highest BCUT2D eigenvalue weighted by molar-refractivity contribution is 5.56. The molecule has 3 rings (SSSR count). The van der Waals surface area contributed by atoms with E-state index in [1.54, 1.807) is 6.07 Å². The lowest BCUT2D eigenvalue weighted by molar-refractivity contribution is 0.0297. The summed E-state index contributed by atoms with van der Waals surface area (Å²) < 4.78 is 0. The van der Waals surface area contributed by atoms with Crippen molar-refractivity contribution in [1.82, 2.24) is 14.9 Å². The van der Waals surface area contributed by atoms with Crippen molar-refractivity contribution >= 4 is 0 Å². The van der Waals surface area contributed by atoms with Gasteiger partial charge in [-0.3, -0.25) is 4.79 Å². The highest BCUT2D eigenvalue weighted by Gasteiger charge is 2.30. The number of hydrogen-bond acceptors (Lipinski definition) is 4. The fraction of sp³-hybridized carbons (Fsp3) is 0.524. The van der Waals surface area contributed by atoms with Gasteiger partial charge >= 0.3 is 0 Å². The predicted molar refractivity (Wildman–Crippen MR) is 104 cm³/mol. The van der Waals surface area contributed by atoms with Crippen LogP contribution in [0.25, 0.3) is 11.4 Å². The number of aromatic nitrogens is 2. The molecule has 1 heterocycles. The van der Waals surface area contributed by atoms with E-state index in [1.807, 2.05) is 19.1 Å². The lowest BCUT2D eigenvalue weighted by Crippen LogP contribution is -2.31. The summed E-state index contributed by atoms with van der Waals surface area (Å²) in [5, 5.41) is 10.5. The van der Waals surface area contributed by atoms with Crippen LogP contribution < -0.4 is 5.56 Å². The number of nitrogens with one attached hydrogen (secondary N) is 1. The van der Waals surface area contributed by atoms with E-state index >= 15 is 0 Å². The number of benzene rings is 1. The van der Waals surface area contributed by atoms with Gasteiger partial charge in [-0.05, 0) is 44.4 Å². The van der Waals surface area contributed by atoms with Gasteiger partial charge in [0, 0.05) is 30.4 Å². The fourth-order valence-corrected chi connectivity index (χ4v) is 3.72. The first-order chi connectivity index (χ1) is 12.5. The normalized spacial score (nSPS) is 16.3. The second-order valence-corrected chi connectivity index (χ2v) is 7.56. The second kappa shape index (κ2) is 8.14. The highest BCUT2D eigenvalue weighted by Crippen LogP contribution is 2.32. The van der Waals surface area contributed by atoms with Gasteiger partial charge < -0.3 is 15.0 Å². The number of aromatic amines is 1. The minimum absolute atomic E-state index is 0.112. The number of H-pyrrole nitrogens is 1. The summed E-state index contributed by atoms with van der Waals surface area (Å²) in [7, 11) is 2.09. The quantitative estimate of drug-likeness (QED) is 0.801. The number of nitrogens with zero attached hydrogens (tertiary/aromatic N) is 2. The smallest absolute Gasteiger partial charge is 0.251 e. The molecule has 1 aromatic carbocycles. The van der Waals surface area contributed by atoms with Crippen molar-refractivity contribution in [3.63, 3.8) is 0 Å². The van der Waals surface area contributed by atoms with Crippen LogP contribution in [0.2, 0.25) is 0 Å². The van der Waals surface area contributed by atoms with Gasteiger partial charge in [0.2, 0.25) is 0 Å². The zero-order chi connectivity index (χ0) is 18.6. The first-order valence-corrected chi connectivity index (χ1v) is 9.58. The van der Waals surface area contributed by atoms with E-state index in [0.717, 1.165) is 62.9 Å². The van der Waals surface area contributed by atoms with Crippen LogP contribution in [0.5, 0.6) is 0 Å². The number of aliphatic hydroxyl groups is 1. The third kappa shape index (κ3) is 4.80. The van der Waals surface area contributed by atoms with Crippen LogP contribution in [0.4, 0.5) is 0 Å². The van der Waals surface area contributed by atoms with Gasteiger partial charge in [0.1, 0.15) is 5.82 Å². The fourth-order valence-electron chi connectivity index (χ4n) is 3.72. The van der Waals surface area contributed by atoms with E-state index < -0.39 is 5.60 Å². The summed E-state index contributed by atoms with van der Waals surface area (Å²) in [6, 6.07) is 9.70. The average molecular weight is 355 g/mol. The van der Waals surface area contributed by atoms with Crippen LogP contribution in [-0.2, 0) is 13.0 Å². The summed E-state index contributed by atoms with van der Waals surface area (Å²) in [6.45, 7) is 3.68. The van der Waals surface area contributed by atoms with E-state index in [2.05, 4.69) is 34.0 Å². The molecule has 0 radical (unpaired) electrons. The molecule has 1 saturated carbocycles. The SMILES string of the molecule is CCc1cc(=O)[nH]c(-c2cccc(CN(C)CCC3(O)CCCC3)c2)n1. The van der Waals surface area contributed by atoms with Crippen molar-refractivity contribution in [2.45, 2.75) is 57.6 Å². The molecule has 0 saturated heterocycles. The van der Waals surface area contributed by atoms with Gasteiger partial charge in [0.15, 0.2) is 0 Å². The minimum Gasteiger partial charge on any atom is -0.390 e. The molecular formula is C21H29N3O2. The predicted octanol–water partition coefficient (Wildman–Crippen LogP) is 3.13. The van der Waals surface area contributed by atoms with E-state index in [-0.39, 0.29) is 5.56 Å². The Hall–Kier alpha value is -1.98. The van der Waals surface area contributed by atoms with Gasteiger partial charge in [-0.15, -0.1) is 0 Å². The maximum atomic E-state index is 11.8. The Labute approximate surface area is 155 Å². The number of hydrogen-bond donors (Lipinski definition) is 2. The maximum absolute atomic E-state index is 11.8. The molecule has 0 spiro atoms. The average Bonchev–Trinajstić information content (AvgIpc) is 3.07. The Morgan fingerprint density at radius 1 is 1.27 bits per heavy atom. The molecule has 0 aliphatic heterocycles. The Kier molecular flexibility index (Phi) is 5.89. The Morgan fingerprint density at radius 3 is 2.77 bits per heavy atom. The van der Waals surface area contributed by atoms with E-state index in [9.17, 15) is 9.90 Å². The van der Waals surface area contributed by atoms with Crippen LogP contribution >= 0.6 is 0 Å². The number of aryl methyl sites for hydroxylation is 1. The topological polar surface area (TPSA) is 69.2 Å². The molecule has 0 atom stereocenters. The summed E-state index contributed by atoms with van der Waals surface area (Å²) in [5.41, 5.74) is 2.33. The van der Waals surface area contributed by atoms with Crippen LogP contribution in [0.15, 0.2) is 35.1 Å². The Bertz CT molecular complexity index is 794. The molecule has 0 unspecified atom stereocenters.